The fourth-order valence-electron chi connectivity index (χ4n) is 1.28. The maximum Gasteiger partial charge on any atom is 0.309 e. The largest absolute Gasteiger partial charge is 0.490 e. The minimum atomic E-state index is -0.770. The number of carboxylic acids is 1. The molecule has 0 unspecified atom stereocenters. The lowest BCUT2D eigenvalue weighted by Gasteiger charge is -2.18. The normalized spacial score (nSPS) is 11.4. The Morgan fingerprint density at radius 3 is 2.81 bits per heavy atom. The van der Waals surface area contributed by atoms with E-state index in [0.717, 1.165) is 5.75 Å². The first-order valence-electron chi connectivity index (χ1n) is 5.27. The monoisotopic (exact) mass is 226 g/mol. The molecule has 5 heteroatoms. The second-order valence-electron chi connectivity index (χ2n) is 4.49. The second kappa shape index (κ2) is 5.01. The van der Waals surface area contributed by atoms with Crippen LogP contribution in [0.4, 0.5) is 0 Å². The maximum atomic E-state index is 10.8. The number of carboxylic acid groups (broad SMARTS) is 1. The SMILES string of the molecule is Cn1cc(OCCCC(C)(C)C(=O)O)cn1. The van der Waals surface area contributed by atoms with Crippen LogP contribution in [0.2, 0.25) is 0 Å². The van der Waals surface area contributed by atoms with Crippen LogP contribution in [-0.2, 0) is 11.8 Å². The molecule has 1 aromatic heterocycles. The van der Waals surface area contributed by atoms with Gasteiger partial charge in [-0.05, 0) is 26.7 Å². The Bertz CT molecular complexity index is 358. The maximum absolute atomic E-state index is 10.8. The predicted molar refractivity (Wildman–Crippen MR) is 59.4 cm³/mol. The van der Waals surface area contributed by atoms with E-state index in [0.29, 0.717) is 19.4 Å². The fraction of sp³-hybridized carbons (Fsp3) is 0.636. The zero-order valence-corrected chi connectivity index (χ0v) is 9.93. The Morgan fingerprint density at radius 1 is 1.62 bits per heavy atom. The highest BCUT2D eigenvalue weighted by molar-refractivity contribution is 5.73. The van der Waals surface area contributed by atoms with Crippen LogP contribution in [0.15, 0.2) is 12.4 Å². The van der Waals surface area contributed by atoms with Gasteiger partial charge in [-0.15, -0.1) is 0 Å². The Morgan fingerprint density at radius 2 is 2.31 bits per heavy atom. The molecule has 1 rings (SSSR count). The van der Waals surface area contributed by atoms with Gasteiger partial charge in [0.25, 0.3) is 0 Å². The first kappa shape index (κ1) is 12.5. The van der Waals surface area contributed by atoms with Gasteiger partial charge in [0.1, 0.15) is 0 Å². The van der Waals surface area contributed by atoms with Gasteiger partial charge in [-0.2, -0.15) is 5.10 Å². The van der Waals surface area contributed by atoms with Crippen LogP contribution in [-0.4, -0.2) is 27.5 Å². The molecular weight excluding hydrogens is 208 g/mol. The molecule has 16 heavy (non-hydrogen) atoms. The molecule has 0 amide bonds. The van der Waals surface area contributed by atoms with E-state index >= 15 is 0 Å². The Balaban J connectivity index is 2.24. The molecule has 0 saturated heterocycles. The van der Waals surface area contributed by atoms with Crippen LogP contribution in [0.25, 0.3) is 0 Å². The third kappa shape index (κ3) is 3.56. The molecule has 0 radical (unpaired) electrons. The van der Waals surface area contributed by atoms with Crippen molar-refractivity contribution in [2.75, 3.05) is 6.61 Å². The van der Waals surface area contributed by atoms with Gasteiger partial charge in [0.2, 0.25) is 0 Å². The van der Waals surface area contributed by atoms with Gasteiger partial charge >= 0.3 is 5.97 Å². The van der Waals surface area contributed by atoms with Crippen molar-refractivity contribution in [1.82, 2.24) is 9.78 Å². The van der Waals surface area contributed by atoms with Gasteiger partial charge in [0.15, 0.2) is 5.75 Å². The van der Waals surface area contributed by atoms with Crippen molar-refractivity contribution in [2.45, 2.75) is 26.7 Å². The highest BCUT2D eigenvalue weighted by Crippen LogP contribution is 2.22. The molecule has 0 fully saturated rings. The van der Waals surface area contributed by atoms with Gasteiger partial charge in [-0.1, -0.05) is 0 Å². The second-order valence-corrected chi connectivity index (χ2v) is 4.49. The Hall–Kier alpha value is -1.52. The van der Waals surface area contributed by atoms with Crippen LogP contribution in [0, 0.1) is 5.41 Å². The van der Waals surface area contributed by atoms with E-state index in [-0.39, 0.29) is 0 Å². The van der Waals surface area contributed by atoms with Crippen molar-refractivity contribution in [3.8, 4) is 5.75 Å². The summed E-state index contributed by atoms with van der Waals surface area (Å²) < 4.78 is 7.09. The number of aryl methyl sites for hydroxylation is 1. The van der Waals surface area contributed by atoms with E-state index < -0.39 is 11.4 Å². The molecule has 0 aliphatic rings. The number of hydrogen-bond acceptors (Lipinski definition) is 3. The number of rotatable bonds is 6. The van der Waals surface area contributed by atoms with Crippen LogP contribution >= 0.6 is 0 Å². The van der Waals surface area contributed by atoms with Crippen LogP contribution in [0.3, 0.4) is 0 Å². The predicted octanol–water partition coefficient (Wildman–Crippen LogP) is 1.69. The minimum absolute atomic E-state index is 0.516. The highest BCUT2D eigenvalue weighted by Gasteiger charge is 2.26. The number of ether oxygens (including phenoxy) is 1. The summed E-state index contributed by atoms with van der Waals surface area (Å²) in [5, 5.41) is 12.9. The fourth-order valence-corrected chi connectivity index (χ4v) is 1.28. The summed E-state index contributed by atoms with van der Waals surface area (Å²) in [6.07, 6.45) is 4.74. The lowest BCUT2D eigenvalue weighted by molar-refractivity contribution is -0.147. The van der Waals surface area contributed by atoms with Gasteiger partial charge in [-0.3, -0.25) is 9.48 Å². The molecule has 90 valence electrons. The third-order valence-corrected chi connectivity index (χ3v) is 2.47. The molecule has 5 nitrogen and oxygen atoms in total. The molecule has 0 aliphatic carbocycles. The van der Waals surface area contributed by atoms with Crippen LogP contribution < -0.4 is 4.74 Å². The van der Waals surface area contributed by atoms with Crippen LogP contribution in [0.5, 0.6) is 5.75 Å². The quantitative estimate of drug-likeness (QED) is 0.750. The molecule has 1 N–H and O–H groups in total. The summed E-state index contributed by atoms with van der Waals surface area (Å²) in [5.41, 5.74) is -0.682. The summed E-state index contributed by atoms with van der Waals surface area (Å²) in [4.78, 5) is 10.8. The van der Waals surface area contributed by atoms with Crippen molar-refractivity contribution in [3.05, 3.63) is 12.4 Å². The molecule has 0 aromatic carbocycles. The average molecular weight is 226 g/mol. The number of carbonyl (C=O) groups is 1. The van der Waals surface area contributed by atoms with E-state index in [1.54, 1.807) is 30.9 Å². The molecule has 0 saturated carbocycles. The summed E-state index contributed by atoms with van der Waals surface area (Å²) in [6.45, 7) is 3.96. The topological polar surface area (TPSA) is 64.3 Å². The van der Waals surface area contributed by atoms with Gasteiger partial charge in [0.05, 0.1) is 24.4 Å². The zero-order valence-electron chi connectivity index (χ0n) is 9.93. The Kier molecular flexibility index (Phi) is 3.93. The molecular formula is C11H18N2O3. The average Bonchev–Trinajstić information content (AvgIpc) is 2.59. The lowest BCUT2D eigenvalue weighted by Crippen LogP contribution is -2.24. The highest BCUT2D eigenvalue weighted by atomic mass is 16.5. The molecule has 1 heterocycles. The van der Waals surface area contributed by atoms with Gasteiger partial charge < -0.3 is 9.84 Å². The number of aromatic nitrogens is 2. The van der Waals surface area contributed by atoms with E-state index in [9.17, 15) is 4.79 Å². The third-order valence-electron chi connectivity index (χ3n) is 2.47. The van der Waals surface area contributed by atoms with Crippen molar-refractivity contribution in [1.29, 1.82) is 0 Å². The molecule has 0 bridgehead atoms. The summed E-state index contributed by atoms with van der Waals surface area (Å²) >= 11 is 0. The van der Waals surface area contributed by atoms with E-state index in [2.05, 4.69) is 5.10 Å². The first-order chi connectivity index (χ1) is 7.42. The summed E-state index contributed by atoms with van der Waals surface area (Å²) in [6, 6.07) is 0. The first-order valence-corrected chi connectivity index (χ1v) is 5.27. The van der Waals surface area contributed by atoms with Crippen molar-refractivity contribution in [3.63, 3.8) is 0 Å². The minimum Gasteiger partial charge on any atom is -0.490 e. The molecule has 0 spiro atoms. The standard InChI is InChI=1S/C11H18N2O3/c1-11(2,10(14)15)5-4-6-16-9-7-12-13(3)8-9/h7-8H,4-6H2,1-3H3,(H,14,15). The molecule has 0 aliphatic heterocycles. The zero-order chi connectivity index (χ0) is 12.2. The van der Waals surface area contributed by atoms with Gasteiger partial charge in [0, 0.05) is 7.05 Å². The number of hydrogen-bond donors (Lipinski definition) is 1. The van der Waals surface area contributed by atoms with Crippen LogP contribution in [0.1, 0.15) is 26.7 Å². The van der Waals surface area contributed by atoms with Crippen molar-refractivity contribution in [2.24, 2.45) is 12.5 Å². The summed E-state index contributed by atoms with van der Waals surface area (Å²) in [7, 11) is 1.82. The van der Waals surface area contributed by atoms with E-state index in [1.165, 1.54) is 0 Å². The van der Waals surface area contributed by atoms with E-state index in [1.807, 2.05) is 7.05 Å². The molecule has 0 atom stereocenters. The number of aliphatic carboxylic acids is 1. The number of nitrogens with zero attached hydrogens (tertiary/aromatic N) is 2. The summed E-state index contributed by atoms with van der Waals surface area (Å²) in [5.74, 6) is -0.0514. The smallest absolute Gasteiger partial charge is 0.309 e. The van der Waals surface area contributed by atoms with Crippen molar-refractivity contribution < 1.29 is 14.6 Å². The van der Waals surface area contributed by atoms with E-state index in [4.69, 9.17) is 9.84 Å². The van der Waals surface area contributed by atoms with Crippen molar-refractivity contribution >= 4 is 5.97 Å². The molecule has 1 aromatic rings. The Labute approximate surface area is 95.0 Å². The van der Waals surface area contributed by atoms with Gasteiger partial charge in [-0.25, -0.2) is 0 Å². The lowest BCUT2D eigenvalue weighted by atomic mass is 9.88.